The number of methoxy groups -OCH3 is 2. The number of hydrogen-bond donors (Lipinski definition) is 1. The van der Waals surface area contributed by atoms with E-state index < -0.39 is 28.5 Å². The van der Waals surface area contributed by atoms with E-state index in [1.54, 1.807) is 37.3 Å². The van der Waals surface area contributed by atoms with Crippen LogP contribution in [0.5, 0.6) is 11.5 Å². The van der Waals surface area contributed by atoms with Crippen LogP contribution in [0, 0.1) is 6.92 Å². The lowest BCUT2D eigenvalue weighted by Crippen LogP contribution is -2.53. The predicted octanol–water partition coefficient (Wildman–Crippen LogP) is 5.07. The molecule has 2 amide bonds. The fourth-order valence-electron chi connectivity index (χ4n) is 5.35. The van der Waals surface area contributed by atoms with Gasteiger partial charge in [0.1, 0.15) is 12.6 Å². The molecule has 0 bridgehead atoms. The van der Waals surface area contributed by atoms with Gasteiger partial charge in [0, 0.05) is 18.7 Å². The van der Waals surface area contributed by atoms with Gasteiger partial charge in [-0.05, 0) is 62.1 Å². The standard InChI is InChI=1S/C33H41N3O6S/c1-24-13-11-12-14-26(24)22-35(25(2)33(38)34-27-15-7-5-8-16-27)32(37)23-36(43(39,40)29-17-9-6-10-18-29)28-19-20-30(41-3)31(21-28)42-4/h6,9-14,17-21,25,27H,5,7-8,15-16,22-23H2,1-4H3,(H,34,38). The lowest BCUT2D eigenvalue weighted by molar-refractivity contribution is -0.139. The summed E-state index contributed by atoms with van der Waals surface area (Å²) in [6.07, 6.45) is 5.09. The minimum Gasteiger partial charge on any atom is -0.493 e. The summed E-state index contributed by atoms with van der Waals surface area (Å²) in [7, 11) is -1.24. The monoisotopic (exact) mass is 607 g/mol. The molecular formula is C33H41N3O6S. The summed E-state index contributed by atoms with van der Waals surface area (Å²) >= 11 is 0. The first-order valence-electron chi connectivity index (χ1n) is 14.6. The molecule has 0 radical (unpaired) electrons. The molecule has 4 rings (SSSR count). The minimum atomic E-state index is -4.19. The molecule has 1 aliphatic rings. The van der Waals surface area contributed by atoms with Crippen molar-refractivity contribution in [2.75, 3.05) is 25.1 Å². The van der Waals surface area contributed by atoms with E-state index in [4.69, 9.17) is 9.47 Å². The maximum Gasteiger partial charge on any atom is 0.264 e. The molecule has 1 saturated carbocycles. The molecule has 1 unspecified atom stereocenters. The molecule has 3 aromatic carbocycles. The third kappa shape index (κ3) is 7.67. The molecule has 0 aliphatic heterocycles. The first kappa shape index (κ1) is 31.9. The van der Waals surface area contributed by atoms with E-state index in [-0.39, 0.29) is 29.1 Å². The zero-order valence-corrected chi connectivity index (χ0v) is 26.1. The predicted molar refractivity (Wildman–Crippen MR) is 167 cm³/mol. The van der Waals surface area contributed by atoms with Crippen LogP contribution >= 0.6 is 0 Å². The summed E-state index contributed by atoms with van der Waals surface area (Å²) in [5, 5.41) is 3.13. The maximum absolute atomic E-state index is 14.2. The number of sulfonamides is 1. The van der Waals surface area contributed by atoms with E-state index in [0.29, 0.717) is 11.5 Å². The zero-order chi connectivity index (χ0) is 31.0. The van der Waals surface area contributed by atoms with Gasteiger partial charge in [-0.1, -0.05) is 61.7 Å². The van der Waals surface area contributed by atoms with Crippen molar-refractivity contribution in [1.82, 2.24) is 10.2 Å². The first-order chi connectivity index (χ1) is 20.6. The quantitative estimate of drug-likeness (QED) is 0.308. The van der Waals surface area contributed by atoms with Crippen molar-refractivity contribution < 1.29 is 27.5 Å². The fourth-order valence-corrected chi connectivity index (χ4v) is 6.78. The van der Waals surface area contributed by atoms with Crippen LogP contribution in [0.15, 0.2) is 77.7 Å². The van der Waals surface area contributed by atoms with Gasteiger partial charge in [-0.25, -0.2) is 8.42 Å². The maximum atomic E-state index is 14.2. The van der Waals surface area contributed by atoms with Crippen molar-refractivity contribution in [1.29, 1.82) is 0 Å². The molecule has 1 atom stereocenters. The summed E-state index contributed by atoms with van der Waals surface area (Å²) in [5.41, 5.74) is 2.07. The van der Waals surface area contributed by atoms with Crippen molar-refractivity contribution in [3.8, 4) is 11.5 Å². The third-order valence-electron chi connectivity index (χ3n) is 7.99. The number of carbonyl (C=O) groups is 2. The second-order valence-electron chi connectivity index (χ2n) is 10.8. The zero-order valence-electron chi connectivity index (χ0n) is 25.3. The van der Waals surface area contributed by atoms with Crippen molar-refractivity contribution in [2.45, 2.75) is 69.5 Å². The normalized spacial score (nSPS) is 14.4. The topological polar surface area (TPSA) is 105 Å². The minimum absolute atomic E-state index is 0.0335. The summed E-state index contributed by atoms with van der Waals surface area (Å²) in [6, 6.07) is 19.5. The molecule has 0 heterocycles. The number of ether oxygens (including phenoxy) is 2. The molecule has 0 saturated heterocycles. The highest BCUT2D eigenvalue weighted by atomic mass is 32.2. The molecule has 0 spiro atoms. The summed E-state index contributed by atoms with van der Waals surface area (Å²) in [5.74, 6) is -0.0252. The summed E-state index contributed by atoms with van der Waals surface area (Å²) in [6.45, 7) is 3.26. The fraction of sp³-hybridized carbons (Fsp3) is 0.394. The van der Waals surface area contributed by atoms with Gasteiger partial charge in [0.05, 0.1) is 24.8 Å². The Morgan fingerprint density at radius 3 is 2.21 bits per heavy atom. The average molecular weight is 608 g/mol. The summed E-state index contributed by atoms with van der Waals surface area (Å²) in [4.78, 5) is 29.2. The van der Waals surface area contributed by atoms with Crippen molar-refractivity contribution in [2.24, 2.45) is 0 Å². The highest BCUT2D eigenvalue weighted by Crippen LogP contribution is 2.34. The molecule has 230 valence electrons. The average Bonchev–Trinajstić information content (AvgIpc) is 3.03. The number of rotatable bonds is 12. The molecule has 43 heavy (non-hydrogen) atoms. The van der Waals surface area contributed by atoms with E-state index in [1.807, 2.05) is 31.2 Å². The van der Waals surface area contributed by atoms with Gasteiger partial charge in [0.25, 0.3) is 10.0 Å². The largest absolute Gasteiger partial charge is 0.493 e. The van der Waals surface area contributed by atoms with E-state index >= 15 is 0 Å². The second kappa shape index (κ2) is 14.4. The molecule has 0 aromatic heterocycles. The van der Waals surface area contributed by atoms with Gasteiger partial charge < -0.3 is 19.7 Å². The lowest BCUT2D eigenvalue weighted by Gasteiger charge is -2.33. The Morgan fingerprint density at radius 2 is 1.56 bits per heavy atom. The van der Waals surface area contributed by atoms with Crippen LogP contribution in [-0.2, 0) is 26.2 Å². The van der Waals surface area contributed by atoms with Crippen LogP contribution in [-0.4, -0.2) is 58.0 Å². The SMILES string of the molecule is COc1ccc(N(CC(=O)N(Cc2ccccc2C)C(C)C(=O)NC2CCCCC2)S(=O)(=O)c2ccccc2)cc1OC. The Morgan fingerprint density at radius 1 is 0.907 bits per heavy atom. The number of benzene rings is 3. The number of nitrogens with zero attached hydrogens (tertiary/aromatic N) is 2. The van der Waals surface area contributed by atoms with Gasteiger partial charge in [-0.3, -0.25) is 13.9 Å². The molecule has 3 aromatic rings. The second-order valence-corrected chi connectivity index (χ2v) is 12.7. The summed E-state index contributed by atoms with van der Waals surface area (Å²) < 4.78 is 39.9. The van der Waals surface area contributed by atoms with E-state index in [1.165, 1.54) is 37.3 Å². The van der Waals surface area contributed by atoms with Gasteiger partial charge in [-0.2, -0.15) is 0 Å². The highest BCUT2D eigenvalue weighted by Gasteiger charge is 2.33. The number of amides is 2. The van der Waals surface area contributed by atoms with Crippen LogP contribution in [0.25, 0.3) is 0 Å². The van der Waals surface area contributed by atoms with Crippen LogP contribution in [0.2, 0.25) is 0 Å². The smallest absolute Gasteiger partial charge is 0.264 e. The van der Waals surface area contributed by atoms with Crippen molar-refractivity contribution in [3.05, 3.63) is 83.9 Å². The molecule has 9 nitrogen and oxygen atoms in total. The third-order valence-corrected chi connectivity index (χ3v) is 9.77. The van der Waals surface area contributed by atoms with Crippen molar-refractivity contribution >= 4 is 27.5 Å². The van der Waals surface area contributed by atoms with E-state index in [9.17, 15) is 18.0 Å². The first-order valence-corrected chi connectivity index (χ1v) is 16.0. The molecule has 10 heteroatoms. The number of anilines is 1. The molecular weight excluding hydrogens is 566 g/mol. The van der Waals surface area contributed by atoms with Crippen molar-refractivity contribution in [3.63, 3.8) is 0 Å². The van der Waals surface area contributed by atoms with Gasteiger partial charge >= 0.3 is 0 Å². The van der Waals surface area contributed by atoms with Crippen LogP contribution < -0.4 is 19.1 Å². The molecule has 1 N–H and O–H groups in total. The molecule has 1 aliphatic carbocycles. The Balaban J connectivity index is 1.72. The molecule has 1 fully saturated rings. The number of hydrogen-bond acceptors (Lipinski definition) is 6. The number of aryl methyl sites for hydroxylation is 1. The van der Waals surface area contributed by atoms with E-state index in [0.717, 1.165) is 47.5 Å². The van der Waals surface area contributed by atoms with Crippen LogP contribution in [0.1, 0.15) is 50.2 Å². The van der Waals surface area contributed by atoms with E-state index in [2.05, 4.69) is 5.32 Å². The Labute approximate surface area is 254 Å². The Hall–Kier alpha value is -4.05. The van der Waals surface area contributed by atoms with Gasteiger partial charge in [0.15, 0.2) is 11.5 Å². The Kier molecular flexibility index (Phi) is 10.7. The van der Waals surface area contributed by atoms with Crippen LogP contribution in [0.4, 0.5) is 5.69 Å². The van der Waals surface area contributed by atoms with Crippen LogP contribution in [0.3, 0.4) is 0 Å². The van der Waals surface area contributed by atoms with Gasteiger partial charge in [-0.15, -0.1) is 0 Å². The lowest BCUT2D eigenvalue weighted by atomic mass is 9.95. The number of carbonyl (C=O) groups excluding carboxylic acids is 2. The van der Waals surface area contributed by atoms with Gasteiger partial charge in [0.2, 0.25) is 11.8 Å². The highest BCUT2D eigenvalue weighted by molar-refractivity contribution is 7.92. The Bertz CT molecular complexity index is 1510. The number of nitrogens with one attached hydrogen (secondary N) is 1.